The molecular weight excluding hydrogens is 217 g/mol. The summed E-state index contributed by atoms with van der Waals surface area (Å²) in [5.74, 6) is -0.00250. The van der Waals surface area contributed by atoms with Crippen LogP contribution in [0.1, 0.15) is 11.1 Å². The fraction of sp³-hybridized carbons (Fsp3) is 0.0769. The number of halogens is 1. The van der Waals surface area contributed by atoms with Crippen LogP contribution in [0.15, 0.2) is 36.5 Å². The summed E-state index contributed by atoms with van der Waals surface area (Å²) >= 11 is 0. The second-order valence-corrected chi connectivity index (χ2v) is 3.57. The first-order valence-electron chi connectivity index (χ1n) is 5.09. The molecule has 1 aromatic carbocycles. The normalized spacial score (nSPS) is 9.71. The van der Waals surface area contributed by atoms with Crippen LogP contribution in [0.2, 0.25) is 0 Å². The van der Waals surface area contributed by atoms with E-state index in [0.717, 1.165) is 5.56 Å². The average Bonchev–Trinajstić information content (AvgIpc) is 2.32. The molecule has 0 fully saturated rings. The number of para-hydroxylation sites is 1. The van der Waals surface area contributed by atoms with Crippen LogP contribution < -0.4 is 5.32 Å². The van der Waals surface area contributed by atoms with Gasteiger partial charge in [-0.2, -0.15) is 5.26 Å². The number of rotatable bonds is 2. The van der Waals surface area contributed by atoms with Crippen molar-refractivity contribution in [1.82, 2.24) is 4.98 Å². The van der Waals surface area contributed by atoms with Crippen molar-refractivity contribution in [1.29, 1.82) is 5.26 Å². The number of pyridine rings is 1. The molecule has 1 heterocycles. The van der Waals surface area contributed by atoms with E-state index in [1.165, 1.54) is 6.07 Å². The summed E-state index contributed by atoms with van der Waals surface area (Å²) < 4.78 is 13.4. The molecule has 0 atom stereocenters. The number of nitrogens with zero attached hydrogens (tertiary/aromatic N) is 2. The fourth-order valence-corrected chi connectivity index (χ4v) is 1.48. The lowest BCUT2D eigenvalue weighted by Gasteiger charge is -2.09. The third-order valence-corrected chi connectivity index (χ3v) is 2.40. The summed E-state index contributed by atoms with van der Waals surface area (Å²) in [7, 11) is 0. The summed E-state index contributed by atoms with van der Waals surface area (Å²) in [5, 5.41) is 11.8. The summed E-state index contributed by atoms with van der Waals surface area (Å²) in [4.78, 5) is 4.05. The van der Waals surface area contributed by atoms with Crippen LogP contribution in [0, 0.1) is 24.1 Å². The van der Waals surface area contributed by atoms with Gasteiger partial charge in [-0.3, -0.25) is 0 Å². The molecule has 0 radical (unpaired) electrons. The summed E-state index contributed by atoms with van der Waals surface area (Å²) in [5.41, 5.74) is 1.54. The largest absolute Gasteiger partial charge is 0.337 e. The number of anilines is 2. The van der Waals surface area contributed by atoms with Gasteiger partial charge < -0.3 is 5.32 Å². The lowest BCUT2D eigenvalue weighted by Crippen LogP contribution is -2.00. The number of nitriles is 1. The van der Waals surface area contributed by atoms with E-state index in [1.807, 2.05) is 6.92 Å². The van der Waals surface area contributed by atoms with E-state index in [-0.39, 0.29) is 5.82 Å². The molecule has 1 N–H and O–H groups in total. The molecule has 0 aliphatic carbocycles. The van der Waals surface area contributed by atoms with Gasteiger partial charge in [-0.15, -0.1) is 0 Å². The summed E-state index contributed by atoms with van der Waals surface area (Å²) in [6.07, 6.45) is 1.58. The van der Waals surface area contributed by atoms with Gasteiger partial charge >= 0.3 is 0 Å². The van der Waals surface area contributed by atoms with Crippen LogP contribution in [0.5, 0.6) is 0 Å². The van der Waals surface area contributed by atoms with Crippen molar-refractivity contribution in [2.45, 2.75) is 6.92 Å². The highest BCUT2D eigenvalue weighted by molar-refractivity contribution is 5.64. The molecule has 17 heavy (non-hydrogen) atoms. The first kappa shape index (κ1) is 11.1. The summed E-state index contributed by atoms with van der Waals surface area (Å²) in [6, 6.07) is 10.1. The third kappa shape index (κ3) is 2.23. The van der Waals surface area contributed by atoms with Crippen molar-refractivity contribution >= 4 is 11.5 Å². The first-order chi connectivity index (χ1) is 8.22. The third-order valence-electron chi connectivity index (χ3n) is 2.40. The average molecular weight is 227 g/mol. The zero-order valence-corrected chi connectivity index (χ0v) is 9.24. The molecule has 2 aromatic rings. The number of aryl methyl sites for hydroxylation is 1. The van der Waals surface area contributed by atoms with Crippen LogP contribution in [-0.4, -0.2) is 4.98 Å². The second-order valence-electron chi connectivity index (χ2n) is 3.57. The molecule has 0 unspecified atom stereocenters. The van der Waals surface area contributed by atoms with E-state index in [4.69, 9.17) is 5.26 Å². The van der Waals surface area contributed by atoms with Gasteiger partial charge in [0.1, 0.15) is 17.7 Å². The molecule has 0 saturated heterocycles. The highest BCUT2D eigenvalue weighted by atomic mass is 19.1. The van der Waals surface area contributed by atoms with Gasteiger partial charge in [0.15, 0.2) is 0 Å². The van der Waals surface area contributed by atoms with E-state index in [1.54, 1.807) is 30.5 Å². The SMILES string of the molecule is Cc1ccnc(Nc2ccccc2F)c1C#N. The molecule has 0 bridgehead atoms. The topological polar surface area (TPSA) is 48.7 Å². The van der Waals surface area contributed by atoms with Crippen molar-refractivity contribution in [2.24, 2.45) is 0 Å². The van der Waals surface area contributed by atoms with Gasteiger partial charge in [0.2, 0.25) is 0 Å². The molecule has 3 nitrogen and oxygen atoms in total. The van der Waals surface area contributed by atoms with Gasteiger partial charge in [-0.1, -0.05) is 12.1 Å². The zero-order valence-electron chi connectivity index (χ0n) is 9.24. The molecule has 0 aliphatic heterocycles. The lowest BCUT2D eigenvalue weighted by atomic mass is 10.1. The van der Waals surface area contributed by atoms with Gasteiger partial charge in [0, 0.05) is 6.20 Å². The monoisotopic (exact) mass is 227 g/mol. The number of benzene rings is 1. The Morgan fingerprint density at radius 1 is 1.29 bits per heavy atom. The maximum atomic E-state index is 13.4. The maximum Gasteiger partial charge on any atom is 0.148 e. The van der Waals surface area contributed by atoms with Crippen LogP contribution >= 0.6 is 0 Å². The Bertz CT molecular complexity index is 587. The van der Waals surface area contributed by atoms with Crippen molar-refractivity contribution in [3.05, 3.63) is 53.5 Å². The number of aromatic nitrogens is 1. The Balaban J connectivity index is 2.41. The molecule has 84 valence electrons. The van der Waals surface area contributed by atoms with Crippen LogP contribution in [0.4, 0.5) is 15.9 Å². The lowest BCUT2D eigenvalue weighted by molar-refractivity contribution is 0.632. The van der Waals surface area contributed by atoms with E-state index in [2.05, 4.69) is 16.4 Å². The van der Waals surface area contributed by atoms with Crippen molar-refractivity contribution in [2.75, 3.05) is 5.32 Å². The standard InChI is InChI=1S/C13H10FN3/c1-9-6-7-16-13(10(9)8-15)17-12-5-3-2-4-11(12)14/h2-7H,1H3,(H,16,17). The fourth-order valence-electron chi connectivity index (χ4n) is 1.48. The van der Waals surface area contributed by atoms with Crippen molar-refractivity contribution in [3.63, 3.8) is 0 Å². The Labute approximate surface area is 98.5 Å². The highest BCUT2D eigenvalue weighted by Gasteiger charge is 2.08. The predicted molar refractivity (Wildman–Crippen MR) is 63.4 cm³/mol. The van der Waals surface area contributed by atoms with Crippen molar-refractivity contribution in [3.8, 4) is 6.07 Å². The van der Waals surface area contributed by atoms with E-state index in [9.17, 15) is 4.39 Å². The number of hydrogen-bond acceptors (Lipinski definition) is 3. The molecule has 0 amide bonds. The predicted octanol–water partition coefficient (Wildman–Crippen LogP) is 3.14. The quantitative estimate of drug-likeness (QED) is 0.857. The smallest absolute Gasteiger partial charge is 0.148 e. The van der Waals surface area contributed by atoms with E-state index >= 15 is 0 Å². The minimum atomic E-state index is -0.375. The minimum absolute atomic E-state index is 0.307. The molecule has 1 aromatic heterocycles. The van der Waals surface area contributed by atoms with Crippen LogP contribution in [0.3, 0.4) is 0 Å². The number of hydrogen-bond donors (Lipinski definition) is 1. The first-order valence-corrected chi connectivity index (χ1v) is 5.09. The molecule has 2 rings (SSSR count). The highest BCUT2D eigenvalue weighted by Crippen LogP contribution is 2.22. The summed E-state index contributed by atoms with van der Waals surface area (Å²) in [6.45, 7) is 1.81. The van der Waals surface area contributed by atoms with Crippen LogP contribution in [0.25, 0.3) is 0 Å². The maximum absolute atomic E-state index is 13.4. The Hall–Kier alpha value is -2.41. The van der Waals surface area contributed by atoms with Gasteiger partial charge in [0.05, 0.1) is 11.3 Å². The van der Waals surface area contributed by atoms with Crippen LogP contribution in [-0.2, 0) is 0 Å². The zero-order chi connectivity index (χ0) is 12.3. The molecule has 0 spiro atoms. The Morgan fingerprint density at radius 3 is 2.76 bits per heavy atom. The van der Waals surface area contributed by atoms with Gasteiger partial charge in [0.25, 0.3) is 0 Å². The Kier molecular flexibility index (Phi) is 3.01. The van der Waals surface area contributed by atoms with Crippen molar-refractivity contribution < 1.29 is 4.39 Å². The molecule has 4 heteroatoms. The Morgan fingerprint density at radius 2 is 2.06 bits per heavy atom. The number of nitrogens with one attached hydrogen (secondary N) is 1. The van der Waals surface area contributed by atoms with E-state index in [0.29, 0.717) is 17.1 Å². The van der Waals surface area contributed by atoms with Gasteiger partial charge in [-0.25, -0.2) is 9.37 Å². The molecule has 0 saturated carbocycles. The van der Waals surface area contributed by atoms with E-state index < -0.39 is 0 Å². The molecule has 0 aliphatic rings. The molecular formula is C13H10FN3. The second kappa shape index (κ2) is 4.62. The minimum Gasteiger partial charge on any atom is -0.337 e. The van der Waals surface area contributed by atoms with Gasteiger partial charge in [-0.05, 0) is 30.7 Å².